The van der Waals surface area contributed by atoms with E-state index in [0.29, 0.717) is 0 Å². The average molecular weight is 475 g/mol. The summed E-state index contributed by atoms with van der Waals surface area (Å²) in [6, 6.07) is 4.05. The standard InChI is InChI=1S/C23H23ClF4O4/c1-3-4-30-12-17(29)13-32-23-20(27)8-16(9-21(23)28)5-15-6-18(25)22(19(26)7-15)31-11-14(2)10-24/h1,6-9,14,17,29H,4-5,10-13H2,2H3/t14-,17-/m1/s1. The predicted octanol–water partition coefficient (Wildman–Crippen LogP) is 4.48. The minimum Gasteiger partial charge on any atom is -0.487 e. The summed E-state index contributed by atoms with van der Waals surface area (Å²) >= 11 is 5.65. The maximum absolute atomic E-state index is 14.3. The molecular weight excluding hydrogens is 452 g/mol. The van der Waals surface area contributed by atoms with Crippen LogP contribution in [0, 0.1) is 41.5 Å². The van der Waals surface area contributed by atoms with Gasteiger partial charge in [0.25, 0.3) is 0 Å². The molecule has 0 amide bonds. The van der Waals surface area contributed by atoms with Crippen molar-refractivity contribution in [3.05, 3.63) is 58.7 Å². The molecule has 0 aliphatic carbocycles. The lowest BCUT2D eigenvalue weighted by Gasteiger charge is -2.14. The Labute approximate surface area is 189 Å². The van der Waals surface area contributed by atoms with Gasteiger partial charge >= 0.3 is 0 Å². The Morgan fingerprint density at radius 3 is 1.81 bits per heavy atom. The fraction of sp³-hybridized carbons (Fsp3) is 0.391. The number of ether oxygens (including phenoxy) is 3. The van der Waals surface area contributed by atoms with Crippen LogP contribution in [0.15, 0.2) is 24.3 Å². The molecule has 0 spiro atoms. The van der Waals surface area contributed by atoms with Gasteiger partial charge in [-0.05, 0) is 41.8 Å². The molecule has 0 saturated carbocycles. The molecule has 0 bridgehead atoms. The Bertz CT molecular complexity index is 902. The molecule has 0 aromatic heterocycles. The number of halogens is 5. The van der Waals surface area contributed by atoms with E-state index in [1.165, 1.54) is 0 Å². The van der Waals surface area contributed by atoms with Crippen LogP contribution in [0.1, 0.15) is 18.1 Å². The van der Waals surface area contributed by atoms with Gasteiger partial charge in [-0.15, -0.1) is 18.0 Å². The maximum Gasteiger partial charge on any atom is 0.190 e. The van der Waals surface area contributed by atoms with Gasteiger partial charge in [0, 0.05) is 11.8 Å². The number of terminal acetylenes is 1. The summed E-state index contributed by atoms with van der Waals surface area (Å²) in [4.78, 5) is 0. The molecule has 2 atom stereocenters. The van der Waals surface area contributed by atoms with Crippen LogP contribution in [0.2, 0.25) is 0 Å². The van der Waals surface area contributed by atoms with E-state index >= 15 is 0 Å². The van der Waals surface area contributed by atoms with E-state index in [2.05, 4.69) is 5.92 Å². The van der Waals surface area contributed by atoms with Gasteiger partial charge in [0.2, 0.25) is 0 Å². The van der Waals surface area contributed by atoms with Gasteiger partial charge in [0.15, 0.2) is 34.8 Å². The van der Waals surface area contributed by atoms with Gasteiger partial charge < -0.3 is 19.3 Å². The van der Waals surface area contributed by atoms with Gasteiger partial charge in [-0.2, -0.15) is 0 Å². The number of aliphatic hydroxyl groups is 1. The lowest BCUT2D eigenvalue weighted by Crippen LogP contribution is -2.24. The highest BCUT2D eigenvalue weighted by molar-refractivity contribution is 6.18. The Balaban J connectivity index is 2.06. The molecule has 174 valence electrons. The van der Waals surface area contributed by atoms with Crippen LogP contribution in [0.25, 0.3) is 0 Å². The molecule has 0 aliphatic heterocycles. The molecule has 32 heavy (non-hydrogen) atoms. The van der Waals surface area contributed by atoms with E-state index in [-0.39, 0.29) is 49.2 Å². The molecule has 1 N–H and O–H groups in total. The van der Waals surface area contributed by atoms with Crippen molar-refractivity contribution in [2.24, 2.45) is 5.92 Å². The Morgan fingerprint density at radius 2 is 1.38 bits per heavy atom. The Hall–Kier alpha value is -2.47. The smallest absolute Gasteiger partial charge is 0.190 e. The highest BCUT2D eigenvalue weighted by Crippen LogP contribution is 2.28. The first kappa shape index (κ1) is 25.8. The second kappa shape index (κ2) is 12.5. The van der Waals surface area contributed by atoms with Crippen LogP contribution in [0.5, 0.6) is 11.5 Å². The van der Waals surface area contributed by atoms with E-state index in [1.54, 1.807) is 6.92 Å². The zero-order valence-corrected chi connectivity index (χ0v) is 18.1. The number of alkyl halides is 1. The molecule has 9 heteroatoms. The molecule has 0 radical (unpaired) electrons. The number of hydrogen-bond acceptors (Lipinski definition) is 4. The summed E-state index contributed by atoms with van der Waals surface area (Å²) in [5.74, 6) is -2.72. The normalized spacial score (nSPS) is 12.8. The molecule has 0 saturated heterocycles. The molecule has 2 rings (SSSR count). The third-order valence-electron chi connectivity index (χ3n) is 4.22. The Kier molecular flexibility index (Phi) is 10.1. The molecule has 4 nitrogen and oxygen atoms in total. The summed E-state index contributed by atoms with van der Waals surface area (Å²) in [6.07, 6.45) is 3.73. The lowest BCUT2D eigenvalue weighted by molar-refractivity contribution is 0.0211. The van der Waals surface area contributed by atoms with E-state index < -0.39 is 47.5 Å². The van der Waals surface area contributed by atoms with Crippen LogP contribution < -0.4 is 9.47 Å². The summed E-state index contributed by atoms with van der Waals surface area (Å²) in [7, 11) is 0. The first-order valence-electron chi connectivity index (χ1n) is 9.71. The minimum absolute atomic E-state index is 0.0185. The summed E-state index contributed by atoms with van der Waals surface area (Å²) < 4.78 is 72.2. The lowest BCUT2D eigenvalue weighted by atomic mass is 10.0. The van der Waals surface area contributed by atoms with Crippen molar-refractivity contribution in [1.29, 1.82) is 0 Å². The van der Waals surface area contributed by atoms with Crippen molar-refractivity contribution < 1.29 is 36.9 Å². The number of benzene rings is 2. The van der Waals surface area contributed by atoms with E-state index in [9.17, 15) is 22.7 Å². The fourth-order valence-corrected chi connectivity index (χ4v) is 2.78. The van der Waals surface area contributed by atoms with E-state index in [0.717, 1.165) is 24.3 Å². The van der Waals surface area contributed by atoms with Gasteiger partial charge in [-0.1, -0.05) is 12.8 Å². The monoisotopic (exact) mass is 474 g/mol. The number of aliphatic hydroxyl groups excluding tert-OH is 1. The van der Waals surface area contributed by atoms with Crippen LogP contribution >= 0.6 is 11.6 Å². The van der Waals surface area contributed by atoms with Crippen molar-refractivity contribution >= 4 is 11.6 Å². The van der Waals surface area contributed by atoms with E-state index in [1.807, 2.05) is 0 Å². The number of hydrogen-bond donors (Lipinski definition) is 1. The molecule has 2 aromatic rings. The van der Waals surface area contributed by atoms with Crippen molar-refractivity contribution in [1.82, 2.24) is 0 Å². The maximum atomic E-state index is 14.3. The van der Waals surface area contributed by atoms with Gasteiger partial charge in [-0.3, -0.25) is 0 Å². The van der Waals surface area contributed by atoms with Gasteiger partial charge in [0.05, 0.1) is 13.2 Å². The molecule has 0 heterocycles. The molecule has 0 fully saturated rings. The molecule has 2 aromatic carbocycles. The highest BCUT2D eigenvalue weighted by Gasteiger charge is 2.18. The first-order chi connectivity index (χ1) is 15.2. The van der Waals surface area contributed by atoms with Crippen molar-refractivity contribution in [3.63, 3.8) is 0 Å². The quantitative estimate of drug-likeness (QED) is 0.213. The molecule has 0 aliphatic rings. The topological polar surface area (TPSA) is 47.9 Å². The summed E-state index contributed by atoms with van der Waals surface area (Å²) in [6.45, 7) is 1.21. The zero-order valence-electron chi connectivity index (χ0n) is 17.3. The van der Waals surface area contributed by atoms with Crippen LogP contribution in [-0.2, 0) is 11.2 Å². The first-order valence-corrected chi connectivity index (χ1v) is 10.2. The summed E-state index contributed by atoms with van der Waals surface area (Å²) in [5, 5.41) is 9.67. The second-order valence-electron chi connectivity index (χ2n) is 7.21. The van der Waals surface area contributed by atoms with Crippen LogP contribution in [0.3, 0.4) is 0 Å². The third-order valence-corrected chi connectivity index (χ3v) is 4.74. The number of rotatable bonds is 12. The SMILES string of the molecule is C#CCOC[C@@H](O)COc1c(F)cc(Cc2cc(F)c(OC[C@H](C)CCl)c(F)c2)cc1F. The second-order valence-corrected chi connectivity index (χ2v) is 7.52. The highest BCUT2D eigenvalue weighted by atomic mass is 35.5. The molecular formula is C23H23ClF4O4. The van der Waals surface area contributed by atoms with Gasteiger partial charge in [-0.25, -0.2) is 17.6 Å². The largest absolute Gasteiger partial charge is 0.487 e. The zero-order chi connectivity index (χ0) is 23.7. The van der Waals surface area contributed by atoms with Crippen LogP contribution in [0.4, 0.5) is 17.6 Å². The molecule has 0 unspecified atom stereocenters. The summed E-state index contributed by atoms with van der Waals surface area (Å²) in [5.41, 5.74) is 0.291. The average Bonchev–Trinajstić information content (AvgIpc) is 2.72. The van der Waals surface area contributed by atoms with Crippen molar-refractivity contribution in [2.45, 2.75) is 19.4 Å². The van der Waals surface area contributed by atoms with Crippen molar-refractivity contribution in [3.8, 4) is 23.8 Å². The van der Waals surface area contributed by atoms with Crippen LogP contribution in [-0.4, -0.2) is 43.5 Å². The van der Waals surface area contributed by atoms with Crippen molar-refractivity contribution in [2.75, 3.05) is 32.3 Å². The predicted molar refractivity (Wildman–Crippen MR) is 112 cm³/mol. The fourth-order valence-electron chi connectivity index (χ4n) is 2.69. The van der Waals surface area contributed by atoms with Gasteiger partial charge in [0.1, 0.15) is 19.3 Å². The third kappa shape index (κ3) is 7.59. The van der Waals surface area contributed by atoms with E-state index in [4.69, 9.17) is 32.2 Å². The Morgan fingerprint density at radius 1 is 0.906 bits per heavy atom. The minimum atomic E-state index is -1.14.